The molecule has 0 spiro atoms. The van der Waals surface area contributed by atoms with E-state index in [4.69, 9.17) is 18.9 Å². The number of carbonyl (C=O) groups excluding carboxylic acids is 1. The highest BCUT2D eigenvalue weighted by Crippen LogP contribution is 2.35. The van der Waals surface area contributed by atoms with Crippen molar-refractivity contribution < 1.29 is 33.6 Å². The molecule has 0 saturated carbocycles. The Balaban J connectivity index is 2.93. The fourth-order valence-electron chi connectivity index (χ4n) is 2.28. The minimum Gasteiger partial charge on any atom is -0.496 e. The Morgan fingerprint density at radius 3 is 2.04 bits per heavy atom. The molecule has 0 saturated heterocycles. The molecular formula is C18H27NO7. The fraction of sp³-hybridized carbons (Fsp3) is 0.556. The molecule has 0 aliphatic heterocycles. The second kappa shape index (κ2) is 9.17. The van der Waals surface area contributed by atoms with Gasteiger partial charge in [0, 0.05) is 12.6 Å². The molecular weight excluding hydrogens is 342 g/mol. The fourth-order valence-corrected chi connectivity index (χ4v) is 2.28. The number of carboxylic acids is 1. The number of benzene rings is 1. The third kappa shape index (κ3) is 6.34. The number of amides is 1. The average molecular weight is 369 g/mol. The number of aliphatic carboxylic acids is 1. The summed E-state index contributed by atoms with van der Waals surface area (Å²) in [5.74, 6) is -0.488. The van der Waals surface area contributed by atoms with E-state index in [1.807, 2.05) is 0 Å². The summed E-state index contributed by atoms with van der Waals surface area (Å²) in [6.45, 7) is 5.11. The molecule has 8 heteroatoms. The lowest BCUT2D eigenvalue weighted by Crippen LogP contribution is -2.37. The first kappa shape index (κ1) is 21.4. The zero-order valence-corrected chi connectivity index (χ0v) is 16.0. The van der Waals surface area contributed by atoms with Crippen LogP contribution in [0.1, 0.15) is 26.3 Å². The van der Waals surface area contributed by atoms with Gasteiger partial charge >= 0.3 is 12.1 Å². The summed E-state index contributed by atoms with van der Waals surface area (Å²) >= 11 is 0. The predicted molar refractivity (Wildman–Crippen MR) is 95.2 cm³/mol. The summed E-state index contributed by atoms with van der Waals surface area (Å²) < 4.78 is 20.9. The van der Waals surface area contributed by atoms with Crippen LogP contribution in [0.4, 0.5) is 4.79 Å². The van der Waals surface area contributed by atoms with Gasteiger partial charge in [-0.25, -0.2) is 4.79 Å². The van der Waals surface area contributed by atoms with Crippen LogP contribution in [0.2, 0.25) is 0 Å². The van der Waals surface area contributed by atoms with E-state index in [-0.39, 0.29) is 13.0 Å². The molecule has 1 rings (SSSR count). The number of nitrogens with one attached hydrogen (secondary N) is 1. The average Bonchev–Trinajstić information content (AvgIpc) is 2.55. The molecule has 0 aromatic heterocycles. The van der Waals surface area contributed by atoms with Crippen molar-refractivity contribution in [2.45, 2.75) is 32.8 Å². The first-order valence-corrected chi connectivity index (χ1v) is 8.09. The quantitative estimate of drug-likeness (QED) is 0.725. The number of carbonyl (C=O) groups is 2. The normalized spacial score (nSPS) is 12.1. The monoisotopic (exact) mass is 369 g/mol. The van der Waals surface area contributed by atoms with Crippen LogP contribution >= 0.6 is 0 Å². The van der Waals surface area contributed by atoms with E-state index in [0.717, 1.165) is 0 Å². The highest BCUT2D eigenvalue weighted by Gasteiger charge is 2.24. The molecule has 1 atom stereocenters. The molecule has 0 aliphatic carbocycles. The molecule has 0 aliphatic rings. The van der Waals surface area contributed by atoms with Gasteiger partial charge in [0.15, 0.2) is 11.5 Å². The largest absolute Gasteiger partial charge is 0.496 e. The van der Waals surface area contributed by atoms with Gasteiger partial charge in [-0.15, -0.1) is 0 Å². The third-order valence-corrected chi connectivity index (χ3v) is 3.49. The van der Waals surface area contributed by atoms with Crippen molar-refractivity contribution >= 4 is 12.1 Å². The van der Waals surface area contributed by atoms with Crippen LogP contribution in [0.25, 0.3) is 0 Å². The molecule has 1 aromatic rings. The highest BCUT2D eigenvalue weighted by molar-refractivity contribution is 5.73. The van der Waals surface area contributed by atoms with Gasteiger partial charge < -0.3 is 29.4 Å². The van der Waals surface area contributed by atoms with Crippen molar-refractivity contribution in [1.82, 2.24) is 5.32 Å². The van der Waals surface area contributed by atoms with Crippen LogP contribution in [0.3, 0.4) is 0 Å². The summed E-state index contributed by atoms with van der Waals surface area (Å²) in [5, 5.41) is 12.0. The Morgan fingerprint density at radius 2 is 1.58 bits per heavy atom. The van der Waals surface area contributed by atoms with Crippen LogP contribution in [0.5, 0.6) is 17.2 Å². The van der Waals surface area contributed by atoms with E-state index in [2.05, 4.69) is 5.32 Å². The minimum absolute atomic E-state index is 0.0816. The maximum atomic E-state index is 11.8. The standard InChI is InChI=1S/C18H27NO7/c1-18(2,3)26-17(22)19-10-12(16(20)21)7-11-8-14(24-5)15(25-6)9-13(11)23-4/h8-9,12H,7,10H2,1-6H3,(H,19,22)(H,20,21). The van der Waals surface area contributed by atoms with E-state index in [9.17, 15) is 14.7 Å². The topological polar surface area (TPSA) is 103 Å². The minimum atomic E-state index is -1.04. The maximum absolute atomic E-state index is 11.8. The SMILES string of the molecule is COc1cc(OC)c(OC)cc1CC(CNC(=O)OC(C)(C)C)C(=O)O. The summed E-state index contributed by atoms with van der Waals surface area (Å²) in [5.41, 5.74) is -0.0291. The van der Waals surface area contributed by atoms with Gasteiger partial charge in [-0.05, 0) is 38.8 Å². The summed E-state index contributed by atoms with van der Waals surface area (Å²) in [7, 11) is 4.48. The van der Waals surface area contributed by atoms with E-state index >= 15 is 0 Å². The summed E-state index contributed by atoms with van der Waals surface area (Å²) in [6.07, 6.45) is -0.530. The number of hydrogen-bond acceptors (Lipinski definition) is 6. The van der Waals surface area contributed by atoms with Crippen LogP contribution in [0.15, 0.2) is 12.1 Å². The van der Waals surface area contributed by atoms with E-state index in [0.29, 0.717) is 22.8 Å². The molecule has 8 nitrogen and oxygen atoms in total. The zero-order valence-electron chi connectivity index (χ0n) is 16.0. The molecule has 146 valence electrons. The number of methoxy groups -OCH3 is 3. The molecule has 1 aromatic carbocycles. The lowest BCUT2D eigenvalue weighted by Gasteiger charge is -2.21. The number of alkyl carbamates (subject to hydrolysis) is 1. The van der Waals surface area contributed by atoms with Crippen LogP contribution in [0, 0.1) is 5.92 Å². The van der Waals surface area contributed by atoms with Gasteiger partial charge in [-0.1, -0.05) is 0 Å². The maximum Gasteiger partial charge on any atom is 0.407 e. The first-order valence-electron chi connectivity index (χ1n) is 8.09. The Kier molecular flexibility index (Phi) is 7.55. The summed E-state index contributed by atoms with van der Waals surface area (Å²) in [4.78, 5) is 23.3. The molecule has 0 fully saturated rings. The molecule has 0 bridgehead atoms. The number of ether oxygens (including phenoxy) is 4. The van der Waals surface area contributed by atoms with Crippen molar-refractivity contribution in [2.75, 3.05) is 27.9 Å². The van der Waals surface area contributed by atoms with Crippen LogP contribution in [-0.2, 0) is 16.0 Å². The van der Waals surface area contributed by atoms with Crippen molar-refractivity contribution in [2.24, 2.45) is 5.92 Å². The molecule has 0 heterocycles. The number of rotatable bonds is 8. The van der Waals surface area contributed by atoms with Crippen molar-refractivity contribution in [3.8, 4) is 17.2 Å². The van der Waals surface area contributed by atoms with Gasteiger partial charge in [-0.2, -0.15) is 0 Å². The molecule has 2 N–H and O–H groups in total. The lowest BCUT2D eigenvalue weighted by atomic mass is 9.98. The van der Waals surface area contributed by atoms with Crippen LogP contribution in [-0.4, -0.2) is 50.6 Å². The van der Waals surface area contributed by atoms with Crippen molar-refractivity contribution in [1.29, 1.82) is 0 Å². The Morgan fingerprint density at radius 1 is 1.04 bits per heavy atom. The second-order valence-electron chi connectivity index (χ2n) is 6.64. The molecule has 1 amide bonds. The van der Waals surface area contributed by atoms with E-state index < -0.39 is 23.6 Å². The molecule has 26 heavy (non-hydrogen) atoms. The third-order valence-electron chi connectivity index (χ3n) is 3.49. The second-order valence-corrected chi connectivity index (χ2v) is 6.64. The van der Waals surface area contributed by atoms with Gasteiger partial charge in [0.25, 0.3) is 0 Å². The lowest BCUT2D eigenvalue weighted by molar-refractivity contribution is -0.141. The molecule has 0 radical (unpaired) electrons. The number of carboxylic acid groups (broad SMARTS) is 1. The van der Waals surface area contributed by atoms with Crippen molar-refractivity contribution in [3.63, 3.8) is 0 Å². The summed E-state index contributed by atoms with van der Waals surface area (Å²) in [6, 6.07) is 3.30. The Hall–Kier alpha value is -2.64. The number of hydrogen-bond donors (Lipinski definition) is 2. The zero-order chi connectivity index (χ0) is 19.9. The molecule has 1 unspecified atom stereocenters. The van der Waals surface area contributed by atoms with Gasteiger partial charge in [0.2, 0.25) is 0 Å². The van der Waals surface area contributed by atoms with E-state index in [1.54, 1.807) is 32.9 Å². The van der Waals surface area contributed by atoms with E-state index in [1.165, 1.54) is 21.3 Å². The Bertz CT molecular complexity index is 637. The smallest absolute Gasteiger partial charge is 0.407 e. The van der Waals surface area contributed by atoms with Gasteiger partial charge in [0.05, 0.1) is 27.2 Å². The van der Waals surface area contributed by atoms with Crippen LogP contribution < -0.4 is 19.5 Å². The Labute approximate surface area is 153 Å². The predicted octanol–water partition coefficient (Wildman–Crippen LogP) is 2.48. The van der Waals surface area contributed by atoms with Gasteiger partial charge in [0.1, 0.15) is 11.4 Å². The highest BCUT2D eigenvalue weighted by atomic mass is 16.6. The first-order chi connectivity index (χ1) is 12.1. The van der Waals surface area contributed by atoms with Gasteiger partial charge in [-0.3, -0.25) is 4.79 Å². The van der Waals surface area contributed by atoms with Crippen molar-refractivity contribution in [3.05, 3.63) is 17.7 Å².